The number of nitrogens with zero attached hydrogens (tertiary/aromatic N) is 3. The molecule has 1 fully saturated rings. The molecule has 7 nitrogen and oxygen atoms in total. The van der Waals surface area contributed by atoms with Crippen LogP contribution in [-0.4, -0.2) is 81.2 Å². The molecule has 42 heavy (non-hydrogen) atoms. The van der Waals surface area contributed by atoms with E-state index in [4.69, 9.17) is 9.90 Å². The van der Waals surface area contributed by atoms with Gasteiger partial charge in [-0.1, -0.05) is 54.6 Å². The number of aliphatic carboxylic acids is 1. The fraction of sp³-hybridized carbons (Fsp3) is 0.429. The molecule has 0 unspecified atom stereocenters. The van der Waals surface area contributed by atoms with Gasteiger partial charge in [-0.3, -0.25) is 19.1 Å². The average Bonchev–Trinajstić information content (AvgIpc) is 2.97. The summed E-state index contributed by atoms with van der Waals surface area (Å²) in [5.41, 5.74) is 4.32. The van der Waals surface area contributed by atoms with E-state index >= 15 is 0 Å². The van der Waals surface area contributed by atoms with E-state index in [1.165, 1.54) is 5.56 Å². The Balaban J connectivity index is 0.00000114. The van der Waals surface area contributed by atoms with E-state index in [1.807, 2.05) is 24.3 Å². The molecule has 1 amide bonds. The van der Waals surface area contributed by atoms with E-state index in [-0.39, 0.29) is 17.7 Å². The highest BCUT2D eigenvalue weighted by Crippen LogP contribution is 2.35. The van der Waals surface area contributed by atoms with Gasteiger partial charge in [0.1, 0.15) is 5.75 Å². The van der Waals surface area contributed by atoms with E-state index in [0.717, 1.165) is 62.9 Å². The van der Waals surface area contributed by atoms with Gasteiger partial charge in [0, 0.05) is 38.6 Å². The first kappa shape index (κ1) is 33.0. The highest BCUT2D eigenvalue weighted by Gasteiger charge is 2.36. The lowest BCUT2D eigenvalue weighted by atomic mass is 9.92. The van der Waals surface area contributed by atoms with Crippen molar-refractivity contribution in [2.45, 2.75) is 66.2 Å². The Kier molecular flexibility index (Phi) is 11.9. The molecule has 2 N–H and O–H groups in total. The predicted molar refractivity (Wildman–Crippen MR) is 168 cm³/mol. The largest absolute Gasteiger partial charge is 0.508 e. The summed E-state index contributed by atoms with van der Waals surface area (Å²) in [5, 5.41) is 17.8. The summed E-state index contributed by atoms with van der Waals surface area (Å²) in [6.45, 7) is 17.2. The van der Waals surface area contributed by atoms with Gasteiger partial charge in [0.05, 0.1) is 31.2 Å². The van der Waals surface area contributed by atoms with Crippen molar-refractivity contribution in [2.75, 3.05) is 32.7 Å². The first-order valence-electron chi connectivity index (χ1n) is 15.1. The third kappa shape index (κ3) is 8.06. The zero-order valence-corrected chi connectivity index (χ0v) is 26.0. The fourth-order valence-corrected chi connectivity index (χ4v) is 6.08. The van der Waals surface area contributed by atoms with Gasteiger partial charge in [-0.2, -0.15) is 0 Å². The number of amides is 1. The Morgan fingerprint density at radius 1 is 0.833 bits per heavy atom. The van der Waals surface area contributed by atoms with Crippen molar-refractivity contribution in [1.29, 1.82) is 0 Å². The van der Waals surface area contributed by atoms with Crippen LogP contribution in [0, 0.1) is 0 Å². The summed E-state index contributed by atoms with van der Waals surface area (Å²) in [5.74, 6) is -0.367. The van der Waals surface area contributed by atoms with Crippen LogP contribution in [0.3, 0.4) is 0 Å². The van der Waals surface area contributed by atoms with Crippen molar-refractivity contribution in [2.24, 2.45) is 0 Å². The molecule has 1 aliphatic heterocycles. The summed E-state index contributed by atoms with van der Waals surface area (Å²) >= 11 is 0. The Morgan fingerprint density at radius 2 is 1.43 bits per heavy atom. The summed E-state index contributed by atoms with van der Waals surface area (Å²) in [6, 6.07) is 27.2. The van der Waals surface area contributed by atoms with Gasteiger partial charge in [-0.25, -0.2) is 4.79 Å². The van der Waals surface area contributed by atoms with Crippen molar-refractivity contribution in [3.63, 3.8) is 0 Å². The highest BCUT2D eigenvalue weighted by atomic mass is 16.4. The van der Waals surface area contributed by atoms with E-state index < -0.39 is 5.97 Å². The Hall–Kier alpha value is -3.52. The molecule has 1 aliphatic rings. The van der Waals surface area contributed by atoms with Gasteiger partial charge < -0.3 is 10.2 Å². The van der Waals surface area contributed by atoms with Crippen molar-refractivity contribution in [1.82, 2.24) is 9.80 Å². The first-order chi connectivity index (χ1) is 20.0. The summed E-state index contributed by atoms with van der Waals surface area (Å²) in [7, 11) is 0. The lowest BCUT2D eigenvalue weighted by Gasteiger charge is -2.47. The Labute approximate surface area is 251 Å². The van der Waals surface area contributed by atoms with Crippen molar-refractivity contribution < 1.29 is 24.3 Å². The maximum atomic E-state index is 13.5. The number of quaternary nitrogens is 1. The molecule has 226 valence electrons. The molecule has 0 saturated carbocycles. The SMILES string of the molecule is CC(=O)O.CC[N+](CC)(CC)C(=O)c1ccc([C@H](c2cccc(O)c2)N2C[C@@H](C)N(Cc3ccccc3)C[C@@H]2C)cc1. The van der Waals surface area contributed by atoms with Crippen LogP contribution in [0.1, 0.15) is 74.6 Å². The number of benzene rings is 3. The smallest absolute Gasteiger partial charge is 0.345 e. The second-order valence-corrected chi connectivity index (χ2v) is 11.3. The zero-order valence-electron chi connectivity index (χ0n) is 26.0. The third-order valence-corrected chi connectivity index (χ3v) is 8.63. The minimum absolute atomic E-state index is 0.00894. The van der Waals surface area contributed by atoms with Gasteiger partial charge >= 0.3 is 5.91 Å². The lowest BCUT2D eigenvalue weighted by molar-refractivity contribution is -0.843. The number of hydrogen-bond acceptors (Lipinski definition) is 5. The quantitative estimate of drug-likeness (QED) is 0.297. The maximum Gasteiger partial charge on any atom is 0.345 e. The van der Waals surface area contributed by atoms with Crippen LogP contribution < -0.4 is 0 Å². The molecule has 7 heteroatoms. The second kappa shape index (κ2) is 15.1. The van der Waals surface area contributed by atoms with Crippen LogP contribution in [0.4, 0.5) is 0 Å². The molecule has 1 saturated heterocycles. The molecule has 0 spiro atoms. The fourth-order valence-electron chi connectivity index (χ4n) is 6.08. The lowest BCUT2D eigenvalue weighted by Crippen LogP contribution is -2.56. The van der Waals surface area contributed by atoms with E-state index in [0.29, 0.717) is 16.6 Å². The van der Waals surface area contributed by atoms with Crippen LogP contribution >= 0.6 is 0 Å². The minimum atomic E-state index is -0.833. The molecule has 1 heterocycles. The predicted octanol–water partition coefficient (Wildman–Crippen LogP) is 6.18. The number of carboxylic acids is 1. The number of carboxylic acid groups (broad SMARTS) is 1. The second-order valence-electron chi connectivity index (χ2n) is 11.3. The summed E-state index contributed by atoms with van der Waals surface area (Å²) in [6.07, 6.45) is 0. The number of phenolic OH excluding ortho intramolecular Hbond substituents is 1. The maximum absolute atomic E-state index is 13.5. The normalized spacial score (nSPS) is 18.5. The average molecular weight is 575 g/mol. The topological polar surface area (TPSA) is 81.1 Å². The molecule has 3 atom stereocenters. The standard InChI is InChI=1S/C33H43N3O2.C2H4O2/c1-6-36(7-2,8-3)33(38)29-19-17-28(18-20-29)32(30-15-12-16-31(37)21-30)35-23-25(4)34(22-26(35)5)24-27-13-10-9-11-14-27;1-2(3)4/h9-21,25-26,32H,6-8,22-24H2,1-5H3;1H3,(H,3,4)/p+1/t25-,26+,32-;/m1./s1. The third-order valence-electron chi connectivity index (χ3n) is 8.63. The molecular weight excluding hydrogens is 526 g/mol. The van der Waals surface area contributed by atoms with Gasteiger partial charge in [0.25, 0.3) is 5.97 Å². The van der Waals surface area contributed by atoms with Crippen LogP contribution in [0.15, 0.2) is 78.9 Å². The molecule has 0 aromatic heterocycles. The van der Waals surface area contributed by atoms with Gasteiger partial charge in [0.15, 0.2) is 0 Å². The number of carbonyl (C=O) groups excluding carboxylic acids is 1. The number of piperazine rings is 1. The van der Waals surface area contributed by atoms with Gasteiger partial charge in [-0.15, -0.1) is 0 Å². The number of phenols is 1. The highest BCUT2D eigenvalue weighted by molar-refractivity contribution is 5.89. The molecule has 0 aliphatic carbocycles. The van der Waals surface area contributed by atoms with E-state index in [1.54, 1.807) is 6.07 Å². The molecule has 0 bridgehead atoms. The molecule has 0 radical (unpaired) electrons. The molecular formula is C35H48N3O4+. The Bertz CT molecular complexity index is 1280. The number of aromatic hydroxyl groups is 1. The summed E-state index contributed by atoms with van der Waals surface area (Å²) in [4.78, 5) is 27.6. The van der Waals surface area contributed by atoms with Crippen LogP contribution in [0.25, 0.3) is 0 Å². The number of carbonyl (C=O) groups is 2. The Morgan fingerprint density at radius 3 is 1.98 bits per heavy atom. The van der Waals surface area contributed by atoms with Gasteiger partial charge in [0.2, 0.25) is 0 Å². The van der Waals surface area contributed by atoms with Crippen molar-refractivity contribution in [3.05, 3.63) is 101 Å². The van der Waals surface area contributed by atoms with Crippen molar-refractivity contribution >= 4 is 11.9 Å². The zero-order chi connectivity index (χ0) is 30.9. The van der Waals surface area contributed by atoms with Gasteiger partial charge in [-0.05, 0) is 75.6 Å². The van der Waals surface area contributed by atoms with Crippen LogP contribution in [-0.2, 0) is 11.3 Å². The van der Waals surface area contributed by atoms with E-state index in [2.05, 4.69) is 92.9 Å². The van der Waals surface area contributed by atoms with Crippen molar-refractivity contribution in [3.8, 4) is 5.75 Å². The molecule has 4 rings (SSSR count). The molecule has 3 aromatic carbocycles. The van der Waals surface area contributed by atoms with E-state index in [9.17, 15) is 9.90 Å². The summed E-state index contributed by atoms with van der Waals surface area (Å²) < 4.78 is 0.466. The number of hydrogen-bond donors (Lipinski definition) is 2. The minimum Gasteiger partial charge on any atom is -0.508 e. The van der Waals surface area contributed by atoms with Crippen LogP contribution in [0.5, 0.6) is 5.75 Å². The first-order valence-corrected chi connectivity index (χ1v) is 15.1. The monoisotopic (exact) mass is 574 g/mol. The van der Waals surface area contributed by atoms with Crippen LogP contribution in [0.2, 0.25) is 0 Å². The molecule has 3 aromatic rings. The number of rotatable bonds is 9.